The lowest BCUT2D eigenvalue weighted by Crippen LogP contribution is -2.22. The van der Waals surface area contributed by atoms with Crippen LogP contribution in [-0.2, 0) is 4.79 Å². The van der Waals surface area contributed by atoms with Crippen molar-refractivity contribution in [3.63, 3.8) is 0 Å². The molecule has 2 aromatic heterocycles. The highest BCUT2D eigenvalue weighted by molar-refractivity contribution is 5.93. The highest BCUT2D eigenvalue weighted by Crippen LogP contribution is 2.26. The van der Waals surface area contributed by atoms with E-state index in [9.17, 15) is 10.1 Å². The van der Waals surface area contributed by atoms with E-state index in [1.807, 2.05) is 44.2 Å². The van der Waals surface area contributed by atoms with Gasteiger partial charge in [-0.2, -0.15) is 15.0 Å². The monoisotopic (exact) mass is 453 g/mol. The lowest BCUT2D eigenvalue weighted by Gasteiger charge is -2.13. The minimum atomic E-state index is -0.391. The number of nitriles is 1. The van der Waals surface area contributed by atoms with Crippen molar-refractivity contribution in [2.45, 2.75) is 40.5 Å². The minimum Gasteiger partial charge on any atom is -0.484 e. The van der Waals surface area contributed by atoms with Gasteiger partial charge in [-0.25, -0.2) is 4.98 Å². The summed E-state index contributed by atoms with van der Waals surface area (Å²) in [6, 6.07) is 15.8. The van der Waals surface area contributed by atoms with Crippen LogP contribution in [0.15, 0.2) is 48.7 Å². The van der Waals surface area contributed by atoms with Crippen molar-refractivity contribution >= 4 is 22.6 Å². The van der Waals surface area contributed by atoms with Gasteiger partial charge >= 0.3 is 0 Å². The lowest BCUT2D eigenvalue weighted by atomic mass is 10.0. The van der Waals surface area contributed by atoms with Crippen LogP contribution in [0.5, 0.6) is 5.75 Å². The molecule has 1 N–H and O–H groups in total. The number of hydrogen-bond donors (Lipinski definition) is 1. The number of rotatable bonds is 6. The number of benzene rings is 2. The highest BCUT2D eigenvalue weighted by Gasteiger charge is 2.18. The largest absolute Gasteiger partial charge is 0.484 e. The normalized spacial score (nSPS) is 11.0. The first-order valence-electron chi connectivity index (χ1n) is 11.2. The quantitative estimate of drug-likeness (QED) is 0.424. The van der Waals surface area contributed by atoms with Gasteiger partial charge in [-0.05, 0) is 67.6 Å². The van der Waals surface area contributed by atoms with Crippen molar-refractivity contribution in [1.29, 1.82) is 5.26 Å². The number of fused-ring (bicyclic) bond motifs is 1. The fraction of sp³-hybridized carbons (Fsp3) is 0.259. The summed E-state index contributed by atoms with van der Waals surface area (Å²) in [5, 5.41) is 17.8. The first-order valence-corrected chi connectivity index (χ1v) is 11.2. The summed E-state index contributed by atoms with van der Waals surface area (Å²) in [5.74, 6) is 1.38. The third-order valence-corrected chi connectivity index (χ3v) is 5.70. The van der Waals surface area contributed by atoms with Gasteiger partial charge in [-0.3, -0.25) is 4.79 Å². The fourth-order valence-electron chi connectivity index (χ4n) is 3.94. The van der Waals surface area contributed by atoms with Crippen LogP contribution in [0.2, 0.25) is 0 Å². The van der Waals surface area contributed by atoms with Gasteiger partial charge in [0.1, 0.15) is 17.4 Å². The maximum Gasteiger partial charge on any atom is 0.263 e. The number of hydrogen-bond acceptors (Lipinski definition) is 5. The van der Waals surface area contributed by atoms with E-state index in [1.54, 1.807) is 0 Å². The van der Waals surface area contributed by atoms with Gasteiger partial charge in [0.15, 0.2) is 18.2 Å². The summed E-state index contributed by atoms with van der Waals surface area (Å²) in [7, 11) is 0. The molecule has 1 amide bonds. The van der Waals surface area contributed by atoms with Gasteiger partial charge in [0.2, 0.25) is 0 Å². The zero-order valence-corrected chi connectivity index (χ0v) is 20.0. The van der Waals surface area contributed by atoms with Crippen LogP contribution >= 0.6 is 0 Å². The van der Waals surface area contributed by atoms with E-state index in [1.165, 1.54) is 16.4 Å². The molecule has 0 atom stereocenters. The molecular weight excluding hydrogens is 426 g/mol. The van der Waals surface area contributed by atoms with Gasteiger partial charge in [-0.1, -0.05) is 37.6 Å². The molecule has 4 aromatic rings. The Morgan fingerprint density at radius 2 is 1.94 bits per heavy atom. The molecule has 0 saturated carbocycles. The Morgan fingerprint density at radius 1 is 1.15 bits per heavy atom. The number of amides is 1. The molecule has 0 aliphatic carbocycles. The van der Waals surface area contributed by atoms with Gasteiger partial charge in [0.05, 0.1) is 11.7 Å². The van der Waals surface area contributed by atoms with Crippen LogP contribution in [0.1, 0.15) is 47.6 Å². The molecule has 0 aliphatic rings. The average Bonchev–Trinajstić information content (AvgIpc) is 3.20. The number of nitrogens with one attached hydrogen (secondary N) is 1. The predicted molar refractivity (Wildman–Crippen MR) is 132 cm³/mol. The summed E-state index contributed by atoms with van der Waals surface area (Å²) >= 11 is 0. The molecule has 34 heavy (non-hydrogen) atoms. The number of anilines is 1. The maximum atomic E-state index is 12.7. The van der Waals surface area contributed by atoms with Gasteiger partial charge in [0, 0.05) is 5.39 Å². The van der Waals surface area contributed by atoms with Crippen molar-refractivity contribution in [3.8, 4) is 17.6 Å². The van der Waals surface area contributed by atoms with Crippen molar-refractivity contribution in [2.24, 2.45) is 0 Å². The fourth-order valence-corrected chi connectivity index (χ4v) is 3.94. The molecule has 2 aromatic carbocycles. The number of aromatic nitrogens is 3. The Kier molecular flexibility index (Phi) is 6.33. The summed E-state index contributed by atoms with van der Waals surface area (Å²) in [4.78, 5) is 17.5. The molecule has 172 valence electrons. The molecular formula is C27H27N5O2. The molecule has 0 saturated heterocycles. The number of carbonyl (C=O) groups excluding carboxylic acids is 1. The number of ether oxygens (including phenoxy) is 1. The number of pyridine rings is 1. The van der Waals surface area contributed by atoms with Crippen LogP contribution in [0.4, 0.5) is 5.82 Å². The maximum absolute atomic E-state index is 12.7. The van der Waals surface area contributed by atoms with Crippen molar-refractivity contribution in [3.05, 3.63) is 76.5 Å². The van der Waals surface area contributed by atoms with E-state index in [-0.39, 0.29) is 18.0 Å². The Bertz CT molecular complexity index is 1430. The molecule has 0 radical (unpaired) electrons. The SMILES string of the molecule is Cc1cc(C)c2nc(-n3ncc(C#N)c3NC(=O)COc3cccc(C(C)C)c3)cc(C)c2c1. The smallest absolute Gasteiger partial charge is 0.263 e. The standard InChI is InChI=1S/C27H27N5O2/c1-16(2)20-7-6-8-22(12-20)34-15-25(33)31-27-21(13-28)14-29-32(27)24-11-18(4)23-10-17(3)9-19(5)26(23)30-24/h6-12,14,16H,15H2,1-5H3,(H,31,33). The second kappa shape index (κ2) is 9.36. The van der Waals surface area contributed by atoms with Crippen LogP contribution in [0.3, 0.4) is 0 Å². The zero-order valence-electron chi connectivity index (χ0n) is 20.0. The Labute approximate surface area is 199 Å². The van der Waals surface area contributed by atoms with Crippen LogP contribution < -0.4 is 10.1 Å². The van der Waals surface area contributed by atoms with E-state index in [0.29, 0.717) is 17.5 Å². The minimum absolute atomic E-state index is 0.194. The molecule has 4 rings (SSSR count). The van der Waals surface area contributed by atoms with E-state index < -0.39 is 5.91 Å². The first kappa shape index (κ1) is 23.0. The van der Waals surface area contributed by atoms with Crippen molar-refractivity contribution < 1.29 is 9.53 Å². The topological polar surface area (TPSA) is 92.8 Å². The van der Waals surface area contributed by atoms with E-state index in [2.05, 4.69) is 49.4 Å². The molecule has 0 spiro atoms. The molecule has 7 nitrogen and oxygen atoms in total. The van der Waals surface area contributed by atoms with Gasteiger partial charge in [0.25, 0.3) is 5.91 Å². The van der Waals surface area contributed by atoms with E-state index in [4.69, 9.17) is 9.72 Å². The predicted octanol–water partition coefficient (Wildman–Crippen LogP) is 5.36. The number of nitrogens with zero attached hydrogens (tertiary/aromatic N) is 4. The summed E-state index contributed by atoms with van der Waals surface area (Å²) in [5.41, 5.74) is 5.49. The van der Waals surface area contributed by atoms with Crippen LogP contribution in [0.25, 0.3) is 16.7 Å². The first-order chi connectivity index (χ1) is 16.3. The molecule has 0 unspecified atom stereocenters. The zero-order chi connectivity index (χ0) is 24.4. The second-order valence-electron chi connectivity index (χ2n) is 8.77. The molecule has 0 bridgehead atoms. The van der Waals surface area contributed by atoms with Gasteiger partial charge < -0.3 is 10.1 Å². The molecule has 2 heterocycles. The third-order valence-electron chi connectivity index (χ3n) is 5.70. The summed E-state index contributed by atoms with van der Waals surface area (Å²) in [6.45, 7) is 10.1. The summed E-state index contributed by atoms with van der Waals surface area (Å²) in [6.07, 6.45) is 1.42. The second-order valence-corrected chi connectivity index (χ2v) is 8.77. The Morgan fingerprint density at radius 3 is 2.68 bits per heavy atom. The van der Waals surface area contributed by atoms with E-state index in [0.717, 1.165) is 27.6 Å². The Balaban J connectivity index is 1.61. The lowest BCUT2D eigenvalue weighted by molar-refractivity contribution is -0.118. The van der Waals surface area contributed by atoms with Crippen molar-refractivity contribution in [1.82, 2.24) is 14.8 Å². The third kappa shape index (κ3) is 4.62. The van der Waals surface area contributed by atoms with Gasteiger partial charge in [-0.15, -0.1) is 0 Å². The van der Waals surface area contributed by atoms with E-state index >= 15 is 0 Å². The van der Waals surface area contributed by atoms with Crippen LogP contribution in [0, 0.1) is 32.1 Å². The number of aryl methyl sites for hydroxylation is 3. The summed E-state index contributed by atoms with van der Waals surface area (Å²) < 4.78 is 7.18. The molecule has 0 fully saturated rings. The average molecular weight is 454 g/mol. The van der Waals surface area contributed by atoms with Crippen LogP contribution in [-0.4, -0.2) is 27.3 Å². The Hall–Kier alpha value is -4.18. The molecule has 0 aliphatic heterocycles. The van der Waals surface area contributed by atoms with Crippen molar-refractivity contribution in [2.75, 3.05) is 11.9 Å². The molecule has 7 heteroatoms. The highest BCUT2D eigenvalue weighted by atomic mass is 16.5. The number of carbonyl (C=O) groups is 1.